The SMILES string of the molecule is CC/C=C\C/C=C\C/C=C\C/C=C\C/C=C\CCC(O)C(=O)NC(COC1OC(CO)C(O)C(O)C1OC(=O)CCCCCCCCCCCCCCCC/C=C\C/C=C\C/C=C\CCCCC)C(O)/C=C/CCCCCCCCCCCC. The van der Waals surface area contributed by atoms with E-state index in [1.54, 1.807) is 6.08 Å². The summed E-state index contributed by atoms with van der Waals surface area (Å²) in [4.78, 5) is 26.6. The van der Waals surface area contributed by atoms with Crippen molar-refractivity contribution in [2.45, 2.75) is 327 Å². The maximum Gasteiger partial charge on any atom is 0.306 e. The quantitative estimate of drug-likeness (QED) is 0.0195. The number of aliphatic hydroxyl groups is 5. The number of unbranched alkanes of at least 4 members (excludes halogenated alkanes) is 27. The van der Waals surface area contributed by atoms with Crippen LogP contribution in [-0.2, 0) is 23.8 Å². The average molecular weight is 1180 g/mol. The highest BCUT2D eigenvalue weighted by atomic mass is 16.7. The minimum absolute atomic E-state index is 0.111. The highest BCUT2D eigenvalue weighted by Gasteiger charge is 2.47. The minimum Gasteiger partial charge on any atom is -0.454 e. The van der Waals surface area contributed by atoms with Gasteiger partial charge in [0, 0.05) is 6.42 Å². The van der Waals surface area contributed by atoms with Crippen LogP contribution in [0.5, 0.6) is 0 Å². The van der Waals surface area contributed by atoms with E-state index >= 15 is 0 Å². The Hall–Kier alpha value is -3.68. The van der Waals surface area contributed by atoms with E-state index in [1.807, 2.05) is 18.2 Å². The number of ether oxygens (including phenoxy) is 3. The van der Waals surface area contributed by atoms with Gasteiger partial charge < -0.3 is 45.1 Å². The third-order valence-electron chi connectivity index (χ3n) is 15.4. The van der Waals surface area contributed by atoms with Crippen molar-refractivity contribution in [1.29, 1.82) is 0 Å². The summed E-state index contributed by atoms with van der Waals surface area (Å²) in [6.45, 7) is 5.62. The second-order valence-electron chi connectivity index (χ2n) is 23.2. The standard InChI is InChI=1S/C73H125NO10/c1-4-7-10-13-16-19-22-25-27-29-30-31-32-33-34-35-36-37-38-39-41-43-46-49-52-55-58-61-68(78)84-71-70(80)69(79)67(62-75)83-73(71)82-63-64(65(76)59-56-53-50-47-44-24-21-18-15-12-9-6-3)74-72(81)66(77)60-57-54-51-48-45-42-40-28-26-23-20-17-14-11-8-5-2/h8,11,16-17,19-20,25-28,30-31,42,45,51,54,56,59,64-67,69-71,73,75-77,79-80H,4-7,9-10,12-15,18,21-24,29,32-41,43-44,46-50,52-53,55,57-58,60-63H2,1-3H3,(H,74,81)/b11-8-,19-16-,20-17-,27-25-,28-26-,31-30-,45-42-,54-51-,59-56+. The summed E-state index contributed by atoms with van der Waals surface area (Å²) >= 11 is 0. The molecular weight excluding hydrogens is 1050 g/mol. The first-order valence-corrected chi connectivity index (χ1v) is 34.2. The Kier molecular flexibility index (Phi) is 55.6. The van der Waals surface area contributed by atoms with Crippen molar-refractivity contribution in [2.75, 3.05) is 13.2 Å². The molecule has 1 aliphatic heterocycles. The monoisotopic (exact) mass is 1180 g/mol. The highest BCUT2D eigenvalue weighted by molar-refractivity contribution is 5.80. The third kappa shape index (κ3) is 46.5. The van der Waals surface area contributed by atoms with E-state index in [-0.39, 0.29) is 19.4 Å². The molecule has 0 bridgehead atoms. The van der Waals surface area contributed by atoms with Gasteiger partial charge in [-0.3, -0.25) is 9.59 Å². The van der Waals surface area contributed by atoms with Crippen molar-refractivity contribution in [1.82, 2.24) is 5.32 Å². The number of hydrogen-bond acceptors (Lipinski definition) is 10. The molecule has 1 fully saturated rings. The van der Waals surface area contributed by atoms with Crippen LogP contribution in [0.1, 0.15) is 278 Å². The Morgan fingerprint density at radius 3 is 1.31 bits per heavy atom. The van der Waals surface area contributed by atoms with E-state index < -0.39 is 67.4 Å². The topological polar surface area (TPSA) is 175 Å². The maximum atomic E-state index is 13.4. The van der Waals surface area contributed by atoms with E-state index in [0.29, 0.717) is 12.8 Å². The molecule has 1 saturated heterocycles. The van der Waals surface area contributed by atoms with Crippen LogP contribution < -0.4 is 5.32 Å². The maximum absolute atomic E-state index is 13.4. The zero-order valence-corrected chi connectivity index (χ0v) is 53.5. The van der Waals surface area contributed by atoms with Crippen molar-refractivity contribution in [3.05, 3.63) is 109 Å². The number of esters is 1. The molecule has 0 spiro atoms. The number of amides is 1. The molecule has 1 aliphatic rings. The van der Waals surface area contributed by atoms with Crippen LogP contribution in [0.15, 0.2) is 109 Å². The van der Waals surface area contributed by atoms with Gasteiger partial charge in [0.05, 0.1) is 25.4 Å². The molecule has 8 unspecified atom stereocenters. The number of nitrogens with one attached hydrogen (secondary N) is 1. The molecule has 0 aromatic heterocycles. The van der Waals surface area contributed by atoms with Gasteiger partial charge in [-0.25, -0.2) is 0 Å². The number of aliphatic hydroxyl groups excluding tert-OH is 5. The normalized spacial score (nSPS) is 19.2. The van der Waals surface area contributed by atoms with Gasteiger partial charge in [0.2, 0.25) is 5.91 Å². The largest absolute Gasteiger partial charge is 0.454 e. The zero-order chi connectivity index (χ0) is 61.0. The molecule has 1 amide bonds. The van der Waals surface area contributed by atoms with Gasteiger partial charge in [0.25, 0.3) is 0 Å². The fourth-order valence-electron chi connectivity index (χ4n) is 10.0. The van der Waals surface area contributed by atoms with Crippen molar-refractivity contribution in [2.24, 2.45) is 0 Å². The van der Waals surface area contributed by atoms with E-state index in [2.05, 4.69) is 111 Å². The fourth-order valence-corrected chi connectivity index (χ4v) is 10.0. The first kappa shape index (κ1) is 78.3. The summed E-state index contributed by atoms with van der Waals surface area (Å²) in [5, 5.41) is 57.0. The van der Waals surface area contributed by atoms with Crippen LogP contribution in [0.2, 0.25) is 0 Å². The number of rotatable bonds is 57. The number of hydrogen-bond donors (Lipinski definition) is 6. The molecule has 0 radical (unpaired) electrons. The Bertz CT molecular complexity index is 1780. The fraction of sp³-hybridized carbons (Fsp3) is 0.726. The van der Waals surface area contributed by atoms with Crippen LogP contribution in [-0.4, -0.2) is 99.6 Å². The lowest BCUT2D eigenvalue weighted by atomic mass is 9.99. The van der Waals surface area contributed by atoms with Crippen LogP contribution in [0.3, 0.4) is 0 Å². The minimum atomic E-state index is -1.63. The molecule has 482 valence electrons. The van der Waals surface area contributed by atoms with Crippen LogP contribution >= 0.6 is 0 Å². The number of carbonyl (C=O) groups excluding carboxylic acids is 2. The molecule has 0 aromatic rings. The van der Waals surface area contributed by atoms with Crippen molar-refractivity contribution < 1.29 is 49.3 Å². The molecule has 0 aliphatic carbocycles. The zero-order valence-electron chi connectivity index (χ0n) is 53.5. The lowest BCUT2D eigenvalue weighted by molar-refractivity contribution is -0.305. The third-order valence-corrected chi connectivity index (χ3v) is 15.4. The van der Waals surface area contributed by atoms with Crippen LogP contribution in [0.4, 0.5) is 0 Å². The predicted molar refractivity (Wildman–Crippen MR) is 351 cm³/mol. The second kappa shape index (κ2) is 59.6. The smallest absolute Gasteiger partial charge is 0.306 e. The van der Waals surface area contributed by atoms with E-state index in [9.17, 15) is 35.1 Å². The Morgan fingerprint density at radius 1 is 0.476 bits per heavy atom. The van der Waals surface area contributed by atoms with Gasteiger partial charge in [0.15, 0.2) is 12.4 Å². The molecule has 0 aromatic carbocycles. The van der Waals surface area contributed by atoms with Crippen molar-refractivity contribution in [3.63, 3.8) is 0 Å². The number of carbonyl (C=O) groups is 2. The highest BCUT2D eigenvalue weighted by Crippen LogP contribution is 2.26. The molecule has 11 heteroatoms. The van der Waals surface area contributed by atoms with Gasteiger partial charge in [-0.15, -0.1) is 0 Å². The van der Waals surface area contributed by atoms with Crippen LogP contribution in [0, 0.1) is 0 Å². The Balaban J connectivity index is 2.59. The second-order valence-corrected chi connectivity index (χ2v) is 23.2. The predicted octanol–water partition coefficient (Wildman–Crippen LogP) is 17.2. The van der Waals surface area contributed by atoms with E-state index in [4.69, 9.17) is 14.2 Å². The van der Waals surface area contributed by atoms with E-state index in [0.717, 1.165) is 89.9 Å². The lowest BCUT2D eigenvalue weighted by Gasteiger charge is -2.41. The molecule has 6 N–H and O–H groups in total. The summed E-state index contributed by atoms with van der Waals surface area (Å²) in [5.41, 5.74) is 0. The van der Waals surface area contributed by atoms with Crippen molar-refractivity contribution in [3.8, 4) is 0 Å². The number of allylic oxidation sites excluding steroid dienone is 17. The van der Waals surface area contributed by atoms with Crippen molar-refractivity contribution >= 4 is 11.9 Å². The van der Waals surface area contributed by atoms with E-state index in [1.165, 1.54) is 141 Å². The molecule has 84 heavy (non-hydrogen) atoms. The lowest BCUT2D eigenvalue weighted by Crippen LogP contribution is -2.61. The molecular formula is C73H125NO10. The average Bonchev–Trinajstić information content (AvgIpc) is 3.54. The summed E-state index contributed by atoms with van der Waals surface area (Å²) in [7, 11) is 0. The van der Waals surface area contributed by atoms with Gasteiger partial charge in [-0.05, 0) is 103 Å². The summed E-state index contributed by atoms with van der Waals surface area (Å²) in [5.74, 6) is -1.26. The van der Waals surface area contributed by atoms with Crippen LogP contribution in [0.25, 0.3) is 0 Å². The molecule has 0 saturated carbocycles. The Labute approximate surface area is 513 Å². The molecule has 11 nitrogen and oxygen atoms in total. The summed E-state index contributed by atoms with van der Waals surface area (Å²) in [6.07, 6.45) is 71.4. The molecule has 8 atom stereocenters. The first-order valence-electron chi connectivity index (χ1n) is 34.2. The molecule has 1 rings (SSSR count). The van der Waals surface area contributed by atoms with Gasteiger partial charge in [-0.1, -0.05) is 278 Å². The summed E-state index contributed by atoms with van der Waals surface area (Å²) in [6, 6.07) is -1.06. The Morgan fingerprint density at radius 2 is 0.857 bits per heavy atom. The van der Waals surface area contributed by atoms with Gasteiger partial charge in [0.1, 0.15) is 24.4 Å². The van der Waals surface area contributed by atoms with Gasteiger partial charge >= 0.3 is 5.97 Å². The molecule has 1 heterocycles. The summed E-state index contributed by atoms with van der Waals surface area (Å²) < 4.78 is 17.6. The first-order chi connectivity index (χ1) is 41.2. The van der Waals surface area contributed by atoms with Gasteiger partial charge in [-0.2, -0.15) is 0 Å².